The Morgan fingerprint density at radius 1 is 1.59 bits per heavy atom. The number of nitrogens with zero attached hydrogens (tertiary/aromatic N) is 1. The first-order valence-corrected chi connectivity index (χ1v) is 5.59. The van der Waals surface area contributed by atoms with Gasteiger partial charge in [-0.15, -0.1) is 0 Å². The van der Waals surface area contributed by atoms with Crippen molar-refractivity contribution in [3.63, 3.8) is 0 Å². The molecule has 1 aliphatic heterocycles. The van der Waals surface area contributed by atoms with Gasteiger partial charge in [0.2, 0.25) is 0 Å². The topological polar surface area (TPSA) is 89.3 Å². The molecule has 1 unspecified atom stereocenters. The Balaban J connectivity index is 1.89. The molecule has 1 saturated heterocycles. The van der Waals surface area contributed by atoms with Crippen molar-refractivity contribution in [3.8, 4) is 0 Å². The Hall–Kier alpha value is -1.66. The van der Waals surface area contributed by atoms with E-state index in [1.54, 1.807) is 18.2 Å². The minimum atomic E-state index is -0.186. The predicted molar refractivity (Wildman–Crippen MR) is 63.3 cm³/mol. The van der Waals surface area contributed by atoms with Crippen LogP contribution >= 0.6 is 0 Å². The number of hydrogen-bond acceptors (Lipinski definition) is 5. The van der Waals surface area contributed by atoms with E-state index in [1.807, 2.05) is 0 Å². The fraction of sp³-hybridized carbons (Fsp3) is 0.455. The summed E-state index contributed by atoms with van der Waals surface area (Å²) in [4.78, 5) is 15.8. The molecule has 0 aliphatic carbocycles. The van der Waals surface area contributed by atoms with Gasteiger partial charge < -0.3 is 15.5 Å². The van der Waals surface area contributed by atoms with Crippen molar-refractivity contribution >= 4 is 11.7 Å². The van der Waals surface area contributed by atoms with Crippen LogP contribution in [0.3, 0.4) is 0 Å². The molecule has 1 aromatic rings. The number of nitrogen functional groups attached to an aromatic ring is 1. The molecular weight excluding hydrogens is 220 g/mol. The molecule has 1 aliphatic rings. The molecular formula is C11H16N4O2. The molecule has 0 radical (unpaired) electrons. The van der Waals surface area contributed by atoms with Crippen LogP contribution in [-0.4, -0.2) is 30.6 Å². The number of nitrogens with two attached hydrogens (primary N) is 1. The van der Waals surface area contributed by atoms with Crippen LogP contribution in [0.2, 0.25) is 0 Å². The van der Waals surface area contributed by atoms with Gasteiger partial charge in [0.15, 0.2) is 0 Å². The molecule has 0 spiro atoms. The highest BCUT2D eigenvalue weighted by Crippen LogP contribution is 2.11. The summed E-state index contributed by atoms with van der Waals surface area (Å²) in [6, 6.07) is 5.08. The first-order chi connectivity index (χ1) is 8.29. The van der Waals surface area contributed by atoms with Gasteiger partial charge in [-0.3, -0.25) is 4.79 Å². The van der Waals surface area contributed by atoms with Gasteiger partial charge in [0.25, 0.3) is 5.91 Å². The molecule has 0 saturated carbocycles. The number of hydrogen-bond donors (Lipinski definition) is 3. The van der Waals surface area contributed by atoms with Gasteiger partial charge in [-0.1, -0.05) is 6.07 Å². The highest BCUT2D eigenvalue weighted by molar-refractivity contribution is 5.92. The van der Waals surface area contributed by atoms with Crippen LogP contribution in [0.15, 0.2) is 18.2 Å². The van der Waals surface area contributed by atoms with Crippen molar-refractivity contribution in [3.05, 3.63) is 23.9 Å². The Kier molecular flexibility index (Phi) is 3.89. The maximum absolute atomic E-state index is 11.8. The summed E-state index contributed by atoms with van der Waals surface area (Å²) < 4.78 is 5.24. The number of rotatable bonds is 4. The van der Waals surface area contributed by atoms with E-state index >= 15 is 0 Å². The quantitative estimate of drug-likeness (QED) is 0.511. The molecule has 0 aromatic carbocycles. The normalized spacial score (nSPS) is 19.0. The zero-order valence-electron chi connectivity index (χ0n) is 9.48. The molecule has 1 fully saturated rings. The summed E-state index contributed by atoms with van der Waals surface area (Å²) in [6.07, 6.45) is 0.998. The Morgan fingerprint density at radius 2 is 2.47 bits per heavy atom. The summed E-state index contributed by atoms with van der Waals surface area (Å²) >= 11 is 0. The molecule has 1 aromatic heterocycles. The first-order valence-electron chi connectivity index (χ1n) is 5.59. The number of hydrazine groups is 1. The second-order valence-electron chi connectivity index (χ2n) is 3.99. The lowest BCUT2D eigenvalue weighted by Crippen LogP contribution is -2.30. The molecule has 1 amide bonds. The second-order valence-corrected chi connectivity index (χ2v) is 3.99. The van der Waals surface area contributed by atoms with Crippen LogP contribution in [0, 0.1) is 5.92 Å². The van der Waals surface area contributed by atoms with Crippen molar-refractivity contribution in [2.75, 3.05) is 25.2 Å². The molecule has 6 nitrogen and oxygen atoms in total. The van der Waals surface area contributed by atoms with Crippen LogP contribution < -0.4 is 16.6 Å². The number of nitrogens with one attached hydrogen (secondary N) is 2. The number of amides is 1. The van der Waals surface area contributed by atoms with Gasteiger partial charge in [0.1, 0.15) is 11.5 Å². The third kappa shape index (κ3) is 3.15. The fourth-order valence-corrected chi connectivity index (χ4v) is 1.71. The van der Waals surface area contributed by atoms with Crippen molar-refractivity contribution < 1.29 is 9.53 Å². The van der Waals surface area contributed by atoms with E-state index in [1.165, 1.54) is 0 Å². The Morgan fingerprint density at radius 3 is 3.18 bits per heavy atom. The number of carbonyl (C=O) groups is 1. The van der Waals surface area contributed by atoms with Gasteiger partial charge in [0, 0.05) is 19.1 Å². The smallest absolute Gasteiger partial charge is 0.269 e. The lowest BCUT2D eigenvalue weighted by atomic mass is 10.1. The highest BCUT2D eigenvalue weighted by Gasteiger charge is 2.17. The lowest BCUT2D eigenvalue weighted by molar-refractivity contribution is 0.0940. The summed E-state index contributed by atoms with van der Waals surface area (Å²) in [6.45, 7) is 2.13. The van der Waals surface area contributed by atoms with Gasteiger partial charge in [-0.05, 0) is 18.6 Å². The summed E-state index contributed by atoms with van der Waals surface area (Å²) in [7, 11) is 0. The van der Waals surface area contributed by atoms with Gasteiger partial charge in [-0.2, -0.15) is 0 Å². The summed E-state index contributed by atoms with van der Waals surface area (Å²) in [5.41, 5.74) is 2.77. The van der Waals surface area contributed by atoms with Crippen molar-refractivity contribution in [1.82, 2.24) is 10.3 Å². The average molecular weight is 236 g/mol. The SMILES string of the molecule is NNc1cccc(C(=O)NCC2CCOC2)n1. The first kappa shape index (κ1) is 11.8. The van der Waals surface area contributed by atoms with Crippen molar-refractivity contribution in [2.45, 2.75) is 6.42 Å². The molecule has 17 heavy (non-hydrogen) atoms. The average Bonchev–Trinajstić information content (AvgIpc) is 2.89. The molecule has 1 atom stereocenters. The zero-order chi connectivity index (χ0) is 12.1. The minimum Gasteiger partial charge on any atom is -0.381 e. The molecule has 92 valence electrons. The maximum Gasteiger partial charge on any atom is 0.269 e. The van der Waals surface area contributed by atoms with Crippen LogP contribution in [0.4, 0.5) is 5.82 Å². The van der Waals surface area contributed by atoms with E-state index in [-0.39, 0.29) is 5.91 Å². The fourth-order valence-electron chi connectivity index (χ4n) is 1.71. The van der Waals surface area contributed by atoms with E-state index in [2.05, 4.69) is 15.7 Å². The van der Waals surface area contributed by atoms with E-state index in [9.17, 15) is 4.79 Å². The van der Waals surface area contributed by atoms with E-state index in [4.69, 9.17) is 10.6 Å². The number of anilines is 1. The van der Waals surface area contributed by atoms with Crippen molar-refractivity contribution in [2.24, 2.45) is 11.8 Å². The lowest BCUT2D eigenvalue weighted by Gasteiger charge is -2.09. The number of pyridine rings is 1. The van der Waals surface area contributed by atoms with Gasteiger partial charge in [-0.25, -0.2) is 10.8 Å². The third-order valence-electron chi connectivity index (χ3n) is 2.70. The van der Waals surface area contributed by atoms with E-state index in [0.717, 1.165) is 19.6 Å². The molecule has 2 rings (SSSR count). The van der Waals surface area contributed by atoms with E-state index < -0.39 is 0 Å². The molecule has 2 heterocycles. The highest BCUT2D eigenvalue weighted by atomic mass is 16.5. The largest absolute Gasteiger partial charge is 0.381 e. The van der Waals surface area contributed by atoms with Crippen molar-refractivity contribution in [1.29, 1.82) is 0 Å². The number of aromatic nitrogens is 1. The Labute approximate surface area is 99.5 Å². The predicted octanol–water partition coefficient (Wildman–Crippen LogP) is 0.133. The minimum absolute atomic E-state index is 0.186. The van der Waals surface area contributed by atoms with Crippen LogP contribution in [0.25, 0.3) is 0 Å². The van der Waals surface area contributed by atoms with E-state index in [0.29, 0.717) is 24.0 Å². The molecule has 4 N–H and O–H groups in total. The van der Waals surface area contributed by atoms with Crippen LogP contribution in [-0.2, 0) is 4.74 Å². The van der Waals surface area contributed by atoms with Gasteiger partial charge >= 0.3 is 0 Å². The summed E-state index contributed by atoms with van der Waals surface area (Å²) in [5.74, 6) is 5.93. The molecule has 0 bridgehead atoms. The van der Waals surface area contributed by atoms with Crippen LogP contribution in [0.5, 0.6) is 0 Å². The second kappa shape index (κ2) is 5.60. The zero-order valence-corrected chi connectivity index (χ0v) is 9.48. The van der Waals surface area contributed by atoms with Crippen LogP contribution in [0.1, 0.15) is 16.9 Å². The standard InChI is InChI=1S/C11H16N4O2/c12-15-10-3-1-2-9(14-10)11(16)13-6-8-4-5-17-7-8/h1-3,8H,4-7,12H2,(H,13,16)(H,14,15). The number of carbonyl (C=O) groups excluding carboxylic acids is 1. The molecule has 6 heteroatoms. The maximum atomic E-state index is 11.8. The number of ether oxygens (including phenoxy) is 1. The Bertz CT molecular complexity index is 391. The van der Waals surface area contributed by atoms with Gasteiger partial charge in [0.05, 0.1) is 6.61 Å². The third-order valence-corrected chi connectivity index (χ3v) is 2.70. The summed E-state index contributed by atoms with van der Waals surface area (Å²) in [5, 5.41) is 2.84. The monoisotopic (exact) mass is 236 g/mol.